The first kappa shape index (κ1) is 19.9. The Labute approximate surface area is 165 Å². The van der Waals surface area contributed by atoms with Crippen molar-refractivity contribution >= 4 is 17.3 Å². The maximum atomic E-state index is 11.6. The Bertz CT molecular complexity index is 987. The summed E-state index contributed by atoms with van der Waals surface area (Å²) in [6.07, 6.45) is 2.34. The largest absolute Gasteiger partial charge is 0.480 e. The topological polar surface area (TPSA) is 69.9 Å². The van der Waals surface area contributed by atoms with Crippen LogP contribution in [-0.4, -0.2) is 45.5 Å². The molecular formula is C22H28N4O2. The van der Waals surface area contributed by atoms with Crippen LogP contribution >= 0.6 is 0 Å². The van der Waals surface area contributed by atoms with Crippen LogP contribution in [0.5, 0.6) is 0 Å². The molecule has 0 aliphatic heterocycles. The van der Waals surface area contributed by atoms with Gasteiger partial charge >= 0.3 is 5.97 Å². The lowest BCUT2D eigenvalue weighted by atomic mass is 10.0. The van der Waals surface area contributed by atoms with Crippen LogP contribution < -0.4 is 5.32 Å². The number of nitrogens with one attached hydrogen (secondary N) is 1. The quantitative estimate of drug-likeness (QED) is 0.657. The van der Waals surface area contributed by atoms with Gasteiger partial charge in [-0.15, -0.1) is 0 Å². The van der Waals surface area contributed by atoms with Crippen molar-refractivity contribution in [2.45, 2.75) is 39.8 Å². The summed E-state index contributed by atoms with van der Waals surface area (Å²) in [6, 6.07) is 9.71. The number of pyridine rings is 1. The summed E-state index contributed by atoms with van der Waals surface area (Å²) in [6.45, 7) is 6.94. The SMILES string of the molecule is Cc1cccc(C)c1CNc1cccn2c(C)c(CC(C(=O)O)N(C)C)nc12. The molecule has 0 aliphatic rings. The van der Waals surface area contributed by atoms with Crippen LogP contribution in [0.2, 0.25) is 0 Å². The van der Waals surface area contributed by atoms with Crippen LogP contribution in [0.3, 0.4) is 0 Å². The van der Waals surface area contributed by atoms with Gasteiger partial charge in [-0.05, 0) is 63.7 Å². The van der Waals surface area contributed by atoms with Crippen molar-refractivity contribution < 1.29 is 9.90 Å². The number of benzene rings is 1. The van der Waals surface area contributed by atoms with Gasteiger partial charge in [0.05, 0.1) is 11.4 Å². The number of anilines is 1. The number of carboxylic acids is 1. The van der Waals surface area contributed by atoms with Crippen LogP contribution in [0.25, 0.3) is 5.65 Å². The molecule has 0 fully saturated rings. The average Bonchev–Trinajstić information content (AvgIpc) is 2.95. The van der Waals surface area contributed by atoms with E-state index in [1.807, 2.05) is 29.7 Å². The molecule has 28 heavy (non-hydrogen) atoms. The lowest BCUT2D eigenvalue weighted by Crippen LogP contribution is -2.37. The van der Waals surface area contributed by atoms with Crippen molar-refractivity contribution in [1.82, 2.24) is 14.3 Å². The predicted molar refractivity (Wildman–Crippen MR) is 112 cm³/mol. The van der Waals surface area contributed by atoms with E-state index in [2.05, 4.69) is 37.4 Å². The van der Waals surface area contributed by atoms with Crippen LogP contribution in [0.4, 0.5) is 5.69 Å². The Morgan fingerprint density at radius 1 is 1.18 bits per heavy atom. The summed E-state index contributed by atoms with van der Waals surface area (Å²) in [5, 5.41) is 13.0. The first-order valence-electron chi connectivity index (χ1n) is 9.44. The monoisotopic (exact) mass is 380 g/mol. The number of fused-ring (bicyclic) bond motifs is 1. The number of aliphatic carboxylic acids is 1. The summed E-state index contributed by atoms with van der Waals surface area (Å²) in [7, 11) is 3.56. The van der Waals surface area contributed by atoms with E-state index in [1.54, 1.807) is 19.0 Å². The van der Waals surface area contributed by atoms with Gasteiger partial charge in [-0.25, -0.2) is 4.98 Å². The van der Waals surface area contributed by atoms with Gasteiger partial charge in [0, 0.05) is 24.9 Å². The molecule has 0 spiro atoms. The van der Waals surface area contributed by atoms with Crippen molar-refractivity contribution in [2.24, 2.45) is 0 Å². The number of nitrogens with zero attached hydrogens (tertiary/aromatic N) is 3. The number of rotatable bonds is 7. The number of likely N-dealkylation sites (N-methyl/N-ethyl adjacent to an activating group) is 1. The lowest BCUT2D eigenvalue weighted by molar-refractivity contribution is -0.142. The van der Waals surface area contributed by atoms with Crippen molar-refractivity contribution in [3.63, 3.8) is 0 Å². The lowest BCUT2D eigenvalue weighted by Gasteiger charge is -2.19. The van der Waals surface area contributed by atoms with E-state index in [1.165, 1.54) is 16.7 Å². The third-order valence-electron chi connectivity index (χ3n) is 5.38. The fourth-order valence-corrected chi connectivity index (χ4v) is 3.55. The second kappa shape index (κ2) is 8.02. The van der Waals surface area contributed by atoms with Gasteiger partial charge < -0.3 is 14.8 Å². The molecule has 2 aromatic heterocycles. The minimum Gasteiger partial charge on any atom is -0.480 e. The van der Waals surface area contributed by atoms with E-state index in [0.717, 1.165) is 29.3 Å². The number of carbonyl (C=O) groups is 1. The minimum absolute atomic E-state index is 0.367. The van der Waals surface area contributed by atoms with Crippen LogP contribution in [0.1, 0.15) is 28.1 Å². The van der Waals surface area contributed by atoms with Gasteiger partial charge in [0.25, 0.3) is 0 Å². The van der Waals surface area contributed by atoms with Gasteiger partial charge in [-0.3, -0.25) is 9.69 Å². The van der Waals surface area contributed by atoms with Crippen molar-refractivity contribution in [3.8, 4) is 0 Å². The molecule has 0 aliphatic carbocycles. The van der Waals surface area contributed by atoms with Gasteiger partial charge in [-0.2, -0.15) is 0 Å². The Morgan fingerprint density at radius 3 is 2.46 bits per heavy atom. The second-order valence-electron chi connectivity index (χ2n) is 7.51. The first-order valence-corrected chi connectivity index (χ1v) is 9.44. The highest BCUT2D eigenvalue weighted by Crippen LogP contribution is 2.23. The normalized spacial score (nSPS) is 12.5. The Kier molecular flexibility index (Phi) is 5.70. The van der Waals surface area contributed by atoms with E-state index >= 15 is 0 Å². The number of aromatic nitrogens is 2. The van der Waals surface area contributed by atoms with Crippen molar-refractivity contribution in [2.75, 3.05) is 19.4 Å². The number of carboxylic acid groups (broad SMARTS) is 1. The molecule has 0 radical (unpaired) electrons. The highest BCUT2D eigenvalue weighted by Gasteiger charge is 2.23. The zero-order chi connectivity index (χ0) is 20.4. The Balaban J connectivity index is 1.92. The van der Waals surface area contributed by atoms with E-state index in [0.29, 0.717) is 6.42 Å². The predicted octanol–water partition coefficient (Wildman–Crippen LogP) is 3.43. The Morgan fingerprint density at radius 2 is 1.86 bits per heavy atom. The standard InChI is InChI=1S/C22H28N4O2/c1-14-8-6-9-15(2)17(14)13-23-18-10-7-11-26-16(3)19(24-21(18)26)12-20(22(27)28)25(4)5/h6-11,20,23H,12-13H2,1-5H3,(H,27,28). The first-order chi connectivity index (χ1) is 13.3. The van der Waals surface area contributed by atoms with E-state index in [-0.39, 0.29) is 0 Å². The smallest absolute Gasteiger partial charge is 0.321 e. The van der Waals surface area contributed by atoms with Crippen LogP contribution in [-0.2, 0) is 17.8 Å². The van der Waals surface area contributed by atoms with E-state index < -0.39 is 12.0 Å². The average molecular weight is 380 g/mol. The molecule has 0 amide bonds. The molecule has 2 heterocycles. The molecule has 0 bridgehead atoms. The van der Waals surface area contributed by atoms with Crippen LogP contribution in [0.15, 0.2) is 36.5 Å². The molecule has 0 saturated heterocycles. The highest BCUT2D eigenvalue weighted by atomic mass is 16.4. The van der Waals surface area contributed by atoms with Gasteiger partial charge in [0.15, 0.2) is 5.65 Å². The summed E-state index contributed by atoms with van der Waals surface area (Å²) in [4.78, 5) is 18.1. The van der Waals surface area contributed by atoms with Gasteiger partial charge in [0.2, 0.25) is 0 Å². The molecular weight excluding hydrogens is 352 g/mol. The zero-order valence-corrected chi connectivity index (χ0v) is 17.2. The summed E-state index contributed by atoms with van der Waals surface area (Å²) in [5.41, 5.74) is 7.35. The van der Waals surface area contributed by atoms with E-state index in [4.69, 9.17) is 4.98 Å². The summed E-state index contributed by atoms with van der Waals surface area (Å²) < 4.78 is 2.02. The van der Waals surface area contributed by atoms with E-state index in [9.17, 15) is 9.90 Å². The molecule has 6 nitrogen and oxygen atoms in total. The fraction of sp³-hybridized carbons (Fsp3) is 0.364. The third-order valence-corrected chi connectivity index (χ3v) is 5.38. The van der Waals surface area contributed by atoms with Gasteiger partial charge in [0.1, 0.15) is 6.04 Å². The molecule has 1 atom stereocenters. The molecule has 6 heteroatoms. The van der Waals surface area contributed by atoms with Crippen molar-refractivity contribution in [3.05, 3.63) is 64.6 Å². The molecule has 2 N–H and O–H groups in total. The molecule has 0 saturated carbocycles. The maximum Gasteiger partial charge on any atom is 0.321 e. The zero-order valence-electron chi connectivity index (χ0n) is 17.2. The van der Waals surface area contributed by atoms with Crippen molar-refractivity contribution in [1.29, 1.82) is 0 Å². The number of aryl methyl sites for hydroxylation is 3. The molecule has 3 aromatic rings. The number of hydrogen-bond donors (Lipinski definition) is 2. The number of hydrogen-bond acceptors (Lipinski definition) is 4. The Hall–Kier alpha value is -2.86. The third kappa shape index (κ3) is 3.87. The molecule has 148 valence electrons. The minimum atomic E-state index is -0.838. The number of imidazole rings is 1. The summed E-state index contributed by atoms with van der Waals surface area (Å²) >= 11 is 0. The fourth-order valence-electron chi connectivity index (χ4n) is 3.55. The van der Waals surface area contributed by atoms with Crippen LogP contribution in [0, 0.1) is 20.8 Å². The molecule has 3 rings (SSSR count). The second-order valence-corrected chi connectivity index (χ2v) is 7.51. The highest BCUT2D eigenvalue weighted by molar-refractivity contribution is 5.74. The summed E-state index contributed by atoms with van der Waals surface area (Å²) in [5.74, 6) is -0.838. The maximum absolute atomic E-state index is 11.6. The molecule has 1 unspecified atom stereocenters. The molecule has 1 aromatic carbocycles. The van der Waals surface area contributed by atoms with Gasteiger partial charge in [-0.1, -0.05) is 18.2 Å².